The van der Waals surface area contributed by atoms with Crippen LogP contribution in [-0.2, 0) is 16.6 Å². The van der Waals surface area contributed by atoms with E-state index < -0.39 is 33.6 Å². The third-order valence-electron chi connectivity index (χ3n) is 4.44. The van der Waals surface area contributed by atoms with Crippen molar-refractivity contribution in [2.24, 2.45) is 5.41 Å². The Hall–Kier alpha value is -1.06. The van der Waals surface area contributed by atoms with Gasteiger partial charge in [-0.2, -0.15) is 0 Å². The van der Waals surface area contributed by atoms with Crippen LogP contribution in [-0.4, -0.2) is 24.7 Å². The molecule has 0 radical (unpaired) electrons. The first-order valence-corrected chi connectivity index (χ1v) is 11.0. The Morgan fingerprint density at radius 2 is 1.93 bits per heavy atom. The number of hydrogen-bond donors (Lipinski definition) is 1. The van der Waals surface area contributed by atoms with Crippen molar-refractivity contribution in [3.8, 4) is 0 Å². The van der Waals surface area contributed by atoms with E-state index in [0.29, 0.717) is 24.9 Å². The summed E-state index contributed by atoms with van der Waals surface area (Å²) in [5.74, 6) is -0.588. The number of fused-ring (bicyclic) bond motifs is 1. The minimum Gasteiger partial charge on any atom is -0.347 e. The Kier molecular flexibility index (Phi) is 5.42. The molecule has 1 fully saturated rings. The first kappa shape index (κ1) is 20.7. The molecule has 1 atom stereocenters. The monoisotopic (exact) mass is 466 g/mol. The molecule has 1 aromatic heterocycles. The summed E-state index contributed by atoms with van der Waals surface area (Å²) in [6, 6.07) is 0.993. The number of alkyl halides is 2. The van der Waals surface area contributed by atoms with Crippen LogP contribution in [0.1, 0.15) is 45.2 Å². The van der Waals surface area contributed by atoms with Gasteiger partial charge in [0.25, 0.3) is 6.43 Å². The molecular formula is C18H22BrF3N2O2S. The van der Waals surface area contributed by atoms with Crippen LogP contribution in [0.4, 0.5) is 13.2 Å². The smallest absolute Gasteiger partial charge is 0.258 e. The van der Waals surface area contributed by atoms with Crippen molar-refractivity contribution in [2.45, 2.75) is 57.9 Å². The lowest BCUT2D eigenvalue weighted by Crippen LogP contribution is -2.35. The summed E-state index contributed by atoms with van der Waals surface area (Å²) in [6.45, 7) is 6.50. The molecule has 3 rings (SSSR count). The molecule has 0 amide bonds. The minimum absolute atomic E-state index is 0.0832. The molecule has 9 heteroatoms. The Balaban J connectivity index is 2.14. The highest BCUT2D eigenvalue weighted by Gasteiger charge is 2.40. The number of aromatic nitrogens is 1. The Labute approximate surface area is 165 Å². The van der Waals surface area contributed by atoms with Crippen LogP contribution in [0.3, 0.4) is 0 Å². The van der Waals surface area contributed by atoms with Gasteiger partial charge in [-0.05, 0) is 46.3 Å². The standard InChI is InChI=1S/C18H22BrF3N2O2S/c1-18(2,3)9-24-8-12(11-6-14(20)13(19)7-15(11)24)16(17(21)22)23-27(25,26)10-4-5-10/h6-8,10,16-17,23H,4-5,9H2,1-3H3/t16-/m0/s1. The van der Waals surface area contributed by atoms with Gasteiger partial charge < -0.3 is 4.57 Å². The van der Waals surface area contributed by atoms with Crippen molar-refractivity contribution in [3.05, 3.63) is 34.2 Å². The van der Waals surface area contributed by atoms with E-state index in [-0.39, 0.29) is 20.8 Å². The minimum atomic E-state index is -3.83. The van der Waals surface area contributed by atoms with Crippen LogP contribution < -0.4 is 4.72 Å². The maximum atomic E-state index is 14.1. The summed E-state index contributed by atoms with van der Waals surface area (Å²) in [6.07, 6.45) is -0.510. The van der Waals surface area contributed by atoms with Crippen molar-refractivity contribution in [1.29, 1.82) is 0 Å². The SMILES string of the molecule is CC(C)(C)Cn1cc([C@H](NS(=O)(=O)C2CC2)C(F)F)c2cc(F)c(Br)cc21. The summed E-state index contributed by atoms with van der Waals surface area (Å²) in [7, 11) is -3.83. The third-order valence-corrected chi connectivity index (χ3v) is 6.98. The number of halogens is 4. The quantitative estimate of drug-likeness (QED) is 0.652. The predicted molar refractivity (Wildman–Crippen MR) is 103 cm³/mol. The van der Waals surface area contributed by atoms with E-state index in [4.69, 9.17) is 0 Å². The second-order valence-electron chi connectivity index (χ2n) is 8.23. The van der Waals surface area contributed by atoms with Crippen molar-refractivity contribution < 1.29 is 21.6 Å². The van der Waals surface area contributed by atoms with Gasteiger partial charge in [0, 0.05) is 29.2 Å². The van der Waals surface area contributed by atoms with Gasteiger partial charge in [-0.3, -0.25) is 0 Å². The van der Waals surface area contributed by atoms with E-state index in [9.17, 15) is 21.6 Å². The fraction of sp³-hybridized carbons (Fsp3) is 0.556. The van der Waals surface area contributed by atoms with Crippen molar-refractivity contribution >= 4 is 36.9 Å². The summed E-state index contributed by atoms with van der Waals surface area (Å²) in [5, 5.41) is -0.337. The number of nitrogens with zero attached hydrogens (tertiary/aromatic N) is 1. The number of nitrogens with one attached hydrogen (secondary N) is 1. The Bertz CT molecular complexity index is 963. The molecule has 1 aliphatic rings. The lowest BCUT2D eigenvalue weighted by Gasteiger charge is -2.20. The number of rotatable bonds is 6. The molecule has 0 unspecified atom stereocenters. The molecule has 0 aliphatic heterocycles. The van der Waals surface area contributed by atoms with Crippen LogP contribution in [0.15, 0.2) is 22.8 Å². The highest BCUT2D eigenvalue weighted by atomic mass is 79.9. The Morgan fingerprint density at radius 1 is 1.30 bits per heavy atom. The summed E-state index contributed by atoms with van der Waals surface area (Å²) in [5.41, 5.74) is 0.502. The van der Waals surface area contributed by atoms with Crippen LogP contribution in [0.5, 0.6) is 0 Å². The molecule has 0 bridgehead atoms. The topological polar surface area (TPSA) is 51.1 Å². The molecule has 27 heavy (non-hydrogen) atoms. The molecule has 150 valence electrons. The third kappa shape index (κ3) is 4.51. The zero-order valence-corrected chi connectivity index (χ0v) is 17.7. The van der Waals surface area contributed by atoms with Gasteiger partial charge >= 0.3 is 0 Å². The molecule has 4 nitrogen and oxygen atoms in total. The van der Waals surface area contributed by atoms with Crippen LogP contribution >= 0.6 is 15.9 Å². The molecular weight excluding hydrogens is 445 g/mol. The summed E-state index contributed by atoms with van der Waals surface area (Å²) < 4.78 is 70.4. The maximum absolute atomic E-state index is 14.1. The number of sulfonamides is 1. The first-order valence-electron chi connectivity index (χ1n) is 8.66. The molecule has 2 aromatic rings. The average Bonchev–Trinajstić information content (AvgIpc) is 3.32. The predicted octanol–water partition coefficient (Wildman–Crippen LogP) is 4.98. The van der Waals surface area contributed by atoms with E-state index in [1.165, 1.54) is 18.3 Å². The van der Waals surface area contributed by atoms with Gasteiger partial charge in [0.1, 0.15) is 11.9 Å². The number of hydrogen-bond acceptors (Lipinski definition) is 2. The fourth-order valence-electron chi connectivity index (χ4n) is 3.10. The molecule has 0 spiro atoms. The van der Waals surface area contributed by atoms with Crippen LogP contribution in [0.25, 0.3) is 10.9 Å². The van der Waals surface area contributed by atoms with E-state index in [2.05, 4.69) is 20.7 Å². The molecule has 1 aromatic carbocycles. The lowest BCUT2D eigenvalue weighted by molar-refractivity contribution is 0.109. The second kappa shape index (κ2) is 7.08. The Morgan fingerprint density at radius 3 is 2.44 bits per heavy atom. The van der Waals surface area contributed by atoms with Gasteiger partial charge in [0.15, 0.2) is 0 Å². The van der Waals surface area contributed by atoms with Crippen molar-refractivity contribution in [3.63, 3.8) is 0 Å². The number of benzene rings is 1. The summed E-state index contributed by atoms with van der Waals surface area (Å²) in [4.78, 5) is 0. The summed E-state index contributed by atoms with van der Waals surface area (Å²) >= 11 is 3.13. The van der Waals surface area contributed by atoms with E-state index in [1.54, 1.807) is 4.57 Å². The molecule has 1 aliphatic carbocycles. The van der Waals surface area contributed by atoms with E-state index in [1.807, 2.05) is 20.8 Å². The largest absolute Gasteiger partial charge is 0.347 e. The van der Waals surface area contributed by atoms with Gasteiger partial charge in [0.05, 0.1) is 9.72 Å². The highest BCUT2D eigenvalue weighted by molar-refractivity contribution is 9.10. The van der Waals surface area contributed by atoms with Gasteiger partial charge in [-0.1, -0.05) is 20.8 Å². The molecule has 1 N–H and O–H groups in total. The van der Waals surface area contributed by atoms with Crippen LogP contribution in [0.2, 0.25) is 0 Å². The second-order valence-corrected chi connectivity index (χ2v) is 11.1. The molecule has 1 heterocycles. The zero-order valence-electron chi connectivity index (χ0n) is 15.3. The molecule has 1 saturated carbocycles. The first-order chi connectivity index (χ1) is 12.4. The normalized spacial score (nSPS) is 17.0. The molecule has 0 saturated heterocycles. The van der Waals surface area contributed by atoms with Gasteiger partial charge in [-0.15, -0.1) is 0 Å². The van der Waals surface area contributed by atoms with Crippen molar-refractivity contribution in [2.75, 3.05) is 0 Å². The highest BCUT2D eigenvalue weighted by Crippen LogP contribution is 2.36. The van der Waals surface area contributed by atoms with E-state index >= 15 is 0 Å². The van der Waals surface area contributed by atoms with Crippen LogP contribution in [0, 0.1) is 11.2 Å². The lowest BCUT2D eigenvalue weighted by atomic mass is 9.97. The average molecular weight is 467 g/mol. The van der Waals surface area contributed by atoms with Gasteiger partial charge in [0.2, 0.25) is 10.0 Å². The fourth-order valence-corrected chi connectivity index (χ4v) is 4.97. The van der Waals surface area contributed by atoms with Gasteiger partial charge in [-0.25, -0.2) is 26.3 Å². The zero-order chi connectivity index (χ0) is 20.1. The van der Waals surface area contributed by atoms with Crippen molar-refractivity contribution in [1.82, 2.24) is 9.29 Å². The maximum Gasteiger partial charge on any atom is 0.258 e. The van der Waals surface area contributed by atoms with E-state index in [0.717, 1.165) is 0 Å².